The summed E-state index contributed by atoms with van der Waals surface area (Å²) in [5.74, 6) is 0.993. The van der Waals surface area contributed by atoms with Crippen LogP contribution in [-0.2, 0) is 17.4 Å². The van der Waals surface area contributed by atoms with Crippen molar-refractivity contribution in [2.45, 2.75) is 46.0 Å². The van der Waals surface area contributed by atoms with Gasteiger partial charge in [-0.1, -0.05) is 38.2 Å². The third-order valence-corrected chi connectivity index (χ3v) is 8.88. The summed E-state index contributed by atoms with van der Waals surface area (Å²) in [6.07, 6.45) is 6.58. The number of hydrogen-bond acceptors (Lipinski definition) is 6. The first-order valence-corrected chi connectivity index (χ1v) is 15.2. The quantitative estimate of drug-likeness (QED) is 0.281. The first-order valence-electron chi connectivity index (χ1n) is 12.9. The predicted molar refractivity (Wildman–Crippen MR) is 154 cm³/mol. The Kier molecular flexibility index (Phi) is 8.92. The molecule has 0 spiro atoms. The fourth-order valence-electron chi connectivity index (χ4n) is 4.80. The molecule has 1 fully saturated rings. The number of rotatable bonds is 6. The SMILES string of the molecule is CC.CCc1nc2ccc(C3CCN(S(C)=O)CC3)cn2c1N(C)c1nc(-c2ccc(F)cc2)c(C#N)s1. The minimum atomic E-state index is -0.926. The average Bonchev–Trinajstić information content (AvgIpc) is 3.55. The molecular formula is C28H33FN6OS2. The van der Waals surface area contributed by atoms with E-state index in [4.69, 9.17) is 9.97 Å². The second kappa shape index (κ2) is 12.2. The number of aryl methyl sites for hydroxylation is 1. The topological polar surface area (TPSA) is 77.5 Å². The monoisotopic (exact) mass is 552 g/mol. The zero-order valence-electron chi connectivity index (χ0n) is 22.4. The highest BCUT2D eigenvalue weighted by atomic mass is 32.2. The summed E-state index contributed by atoms with van der Waals surface area (Å²) in [6, 6.07) is 12.5. The Morgan fingerprint density at radius 2 is 1.84 bits per heavy atom. The number of halogens is 1. The summed E-state index contributed by atoms with van der Waals surface area (Å²) < 4.78 is 29.4. The molecule has 7 nitrogen and oxygen atoms in total. The molecule has 4 aromatic rings. The van der Waals surface area contributed by atoms with Gasteiger partial charge in [0.05, 0.1) is 16.7 Å². The van der Waals surface area contributed by atoms with Gasteiger partial charge in [-0.15, -0.1) is 0 Å². The minimum absolute atomic E-state index is 0.326. The predicted octanol–water partition coefficient (Wildman–Crippen LogP) is 6.30. The Morgan fingerprint density at radius 3 is 2.45 bits per heavy atom. The normalized spacial score (nSPS) is 15.1. The molecule has 0 aliphatic carbocycles. The number of benzene rings is 1. The summed E-state index contributed by atoms with van der Waals surface area (Å²) in [5.41, 5.74) is 4.31. The zero-order valence-corrected chi connectivity index (χ0v) is 24.1. The molecule has 1 unspecified atom stereocenters. The van der Waals surface area contributed by atoms with Crippen LogP contribution < -0.4 is 4.90 Å². The molecule has 5 rings (SSSR count). The summed E-state index contributed by atoms with van der Waals surface area (Å²) in [6.45, 7) is 7.73. The highest BCUT2D eigenvalue weighted by Gasteiger charge is 2.25. The standard InChI is InChI=1S/C26H27FN6OS2.C2H6/c1-4-21-25(31(2)26-30-24(22(15-28)35-26)18-5-8-20(27)9-6-18)33-16-19(7-10-23(33)29-21)17-11-13-32(14-12-17)36(3)34;1-2/h5-10,16-17H,4,11-14H2,1-3H3;1-2H3. The van der Waals surface area contributed by atoms with Crippen LogP contribution in [-0.4, -0.2) is 49.3 Å². The largest absolute Gasteiger partial charge is 0.305 e. The van der Waals surface area contributed by atoms with Crippen molar-refractivity contribution in [2.75, 3.05) is 31.3 Å². The van der Waals surface area contributed by atoms with E-state index in [0.29, 0.717) is 27.2 Å². The van der Waals surface area contributed by atoms with Crippen molar-refractivity contribution in [1.29, 1.82) is 5.26 Å². The highest BCUT2D eigenvalue weighted by molar-refractivity contribution is 7.81. The van der Waals surface area contributed by atoms with Gasteiger partial charge in [-0.25, -0.2) is 22.9 Å². The van der Waals surface area contributed by atoms with Crippen molar-refractivity contribution >= 4 is 38.9 Å². The van der Waals surface area contributed by atoms with Gasteiger partial charge in [-0.3, -0.25) is 4.40 Å². The summed E-state index contributed by atoms with van der Waals surface area (Å²) in [5, 5.41) is 10.4. The van der Waals surface area contributed by atoms with E-state index in [1.54, 1.807) is 18.4 Å². The van der Waals surface area contributed by atoms with Gasteiger partial charge >= 0.3 is 0 Å². The number of hydrogen-bond donors (Lipinski definition) is 0. The number of fused-ring (bicyclic) bond motifs is 1. The Bertz CT molecular complexity index is 1470. The highest BCUT2D eigenvalue weighted by Crippen LogP contribution is 2.37. The molecule has 1 aliphatic rings. The summed E-state index contributed by atoms with van der Waals surface area (Å²) in [7, 11) is 1.02. The average molecular weight is 553 g/mol. The lowest BCUT2D eigenvalue weighted by atomic mass is 9.91. The lowest BCUT2D eigenvalue weighted by Crippen LogP contribution is -2.33. The first-order chi connectivity index (χ1) is 18.4. The molecular weight excluding hydrogens is 519 g/mol. The Labute approximate surface area is 230 Å². The van der Waals surface area contributed by atoms with Crippen molar-refractivity contribution in [3.8, 4) is 17.3 Å². The van der Waals surface area contributed by atoms with Crippen LogP contribution in [0.25, 0.3) is 16.9 Å². The van der Waals surface area contributed by atoms with Gasteiger partial charge in [0.1, 0.15) is 33.9 Å². The van der Waals surface area contributed by atoms with Crippen molar-refractivity contribution in [3.63, 3.8) is 0 Å². The first kappa shape index (κ1) is 27.9. The van der Waals surface area contributed by atoms with Crippen LogP contribution >= 0.6 is 11.3 Å². The number of anilines is 2. The number of piperidine rings is 1. The molecule has 4 heterocycles. The van der Waals surface area contributed by atoms with Crippen molar-refractivity contribution in [3.05, 3.63) is 64.5 Å². The van der Waals surface area contributed by atoms with Gasteiger partial charge in [-0.05, 0) is 61.1 Å². The number of nitriles is 1. The lowest BCUT2D eigenvalue weighted by molar-refractivity contribution is 0.335. The Morgan fingerprint density at radius 1 is 1.16 bits per heavy atom. The van der Waals surface area contributed by atoms with E-state index in [9.17, 15) is 13.9 Å². The number of pyridine rings is 1. The third-order valence-electron chi connectivity index (χ3n) is 6.75. The van der Waals surface area contributed by atoms with E-state index in [1.807, 2.05) is 30.1 Å². The van der Waals surface area contributed by atoms with Crippen LogP contribution in [0.1, 0.15) is 55.7 Å². The molecule has 200 valence electrons. The molecule has 3 aromatic heterocycles. The zero-order chi connectivity index (χ0) is 27.4. The number of imidazole rings is 1. The number of nitrogens with zero attached hydrogens (tertiary/aromatic N) is 6. The molecule has 1 aromatic carbocycles. The van der Waals surface area contributed by atoms with E-state index in [-0.39, 0.29) is 5.82 Å². The maximum absolute atomic E-state index is 13.4. The maximum atomic E-state index is 13.4. The van der Waals surface area contributed by atoms with E-state index < -0.39 is 11.0 Å². The lowest BCUT2D eigenvalue weighted by Gasteiger charge is -2.30. The number of thiazole rings is 1. The molecule has 0 radical (unpaired) electrons. The molecule has 0 amide bonds. The van der Waals surface area contributed by atoms with Gasteiger partial charge in [-0.2, -0.15) is 5.26 Å². The van der Waals surface area contributed by atoms with Crippen LogP contribution in [0.5, 0.6) is 0 Å². The number of aromatic nitrogens is 3. The Balaban J connectivity index is 0.00000164. The van der Waals surface area contributed by atoms with Gasteiger partial charge in [0.2, 0.25) is 0 Å². The van der Waals surface area contributed by atoms with E-state index in [1.165, 1.54) is 29.0 Å². The molecule has 1 aliphatic heterocycles. The van der Waals surface area contributed by atoms with Gasteiger partial charge in [0.25, 0.3) is 0 Å². The molecule has 0 saturated carbocycles. The maximum Gasteiger partial charge on any atom is 0.192 e. The molecule has 0 bridgehead atoms. The van der Waals surface area contributed by atoms with Crippen LogP contribution in [0.15, 0.2) is 42.6 Å². The second-order valence-corrected chi connectivity index (χ2v) is 11.2. The molecule has 38 heavy (non-hydrogen) atoms. The van der Waals surface area contributed by atoms with Crippen molar-refractivity contribution < 1.29 is 8.60 Å². The summed E-state index contributed by atoms with van der Waals surface area (Å²) in [4.78, 5) is 12.1. The van der Waals surface area contributed by atoms with Crippen LogP contribution in [0, 0.1) is 17.1 Å². The van der Waals surface area contributed by atoms with Gasteiger partial charge in [0, 0.05) is 38.2 Å². The van der Waals surface area contributed by atoms with Gasteiger partial charge < -0.3 is 4.90 Å². The second-order valence-electron chi connectivity index (χ2n) is 8.91. The van der Waals surface area contributed by atoms with Crippen LogP contribution in [0.3, 0.4) is 0 Å². The van der Waals surface area contributed by atoms with Gasteiger partial charge in [0.15, 0.2) is 5.13 Å². The third kappa shape index (κ3) is 5.51. The van der Waals surface area contributed by atoms with Crippen molar-refractivity contribution in [1.82, 2.24) is 18.7 Å². The van der Waals surface area contributed by atoms with Crippen LogP contribution in [0.4, 0.5) is 15.3 Å². The fourth-order valence-corrected chi connectivity index (χ4v) is 6.37. The van der Waals surface area contributed by atoms with E-state index >= 15 is 0 Å². The molecule has 10 heteroatoms. The molecule has 0 N–H and O–H groups in total. The molecule has 1 atom stereocenters. The van der Waals surface area contributed by atoms with Crippen LogP contribution in [0.2, 0.25) is 0 Å². The van der Waals surface area contributed by atoms with E-state index in [0.717, 1.165) is 49.5 Å². The summed E-state index contributed by atoms with van der Waals surface area (Å²) >= 11 is 1.31. The van der Waals surface area contributed by atoms with E-state index in [2.05, 4.69) is 35.7 Å². The fraction of sp³-hybridized carbons (Fsp3) is 0.393. The molecule has 1 saturated heterocycles. The Hall–Kier alpha value is -3.13. The smallest absolute Gasteiger partial charge is 0.192 e. The minimum Gasteiger partial charge on any atom is -0.305 e. The van der Waals surface area contributed by atoms with Crippen molar-refractivity contribution in [2.24, 2.45) is 0 Å².